The van der Waals surface area contributed by atoms with Crippen LogP contribution in [0.4, 0.5) is 0 Å². The fraction of sp³-hybridized carbons (Fsp3) is 0.708. The number of carbonyl (C=O) groups is 1. The average Bonchev–Trinajstić information content (AvgIpc) is 2.80. The van der Waals surface area contributed by atoms with Crippen molar-refractivity contribution in [1.29, 1.82) is 0 Å². The van der Waals surface area contributed by atoms with Gasteiger partial charge in [-0.15, -0.1) is 0 Å². The summed E-state index contributed by atoms with van der Waals surface area (Å²) in [6.07, 6.45) is -0.320. The molecule has 0 saturated carbocycles. The molecule has 2 atom stereocenters. The molecule has 208 valence electrons. The minimum atomic E-state index is -4.01. The molecule has 0 radical (unpaired) electrons. The zero-order chi connectivity index (χ0) is 27.8. The van der Waals surface area contributed by atoms with Crippen LogP contribution in [0.2, 0.25) is 18.1 Å². The average molecular weight is 566 g/mol. The first-order valence-corrected chi connectivity index (χ1v) is 17.0. The summed E-state index contributed by atoms with van der Waals surface area (Å²) in [6.45, 7) is 14.9. The van der Waals surface area contributed by atoms with Gasteiger partial charge in [-0.05, 0) is 56.2 Å². The largest absolute Gasteiger partial charge is 0.497 e. The van der Waals surface area contributed by atoms with Gasteiger partial charge in [-0.1, -0.05) is 20.8 Å². The third-order valence-corrected chi connectivity index (χ3v) is 13.7. The lowest BCUT2D eigenvalue weighted by Gasteiger charge is -2.38. The van der Waals surface area contributed by atoms with E-state index < -0.39 is 35.1 Å². The molecule has 0 bridgehead atoms. The van der Waals surface area contributed by atoms with Gasteiger partial charge in [0.2, 0.25) is 10.0 Å². The molecule has 9 nitrogen and oxygen atoms in total. The summed E-state index contributed by atoms with van der Waals surface area (Å²) in [6, 6.07) is 4.78. The number of methoxy groups -OCH3 is 3. The highest BCUT2D eigenvalue weighted by Gasteiger charge is 2.41. The molecule has 0 unspecified atom stereocenters. The predicted molar refractivity (Wildman–Crippen MR) is 146 cm³/mol. The number of thioether (sulfide) groups is 1. The minimum absolute atomic E-state index is 0.0158. The number of hydrogen-bond acceptors (Lipinski definition) is 9. The Morgan fingerprint density at radius 3 is 2.11 bits per heavy atom. The molecule has 0 aliphatic rings. The van der Waals surface area contributed by atoms with Crippen molar-refractivity contribution in [1.82, 2.24) is 4.72 Å². The number of sulfonamides is 1. The second-order valence-electron chi connectivity index (χ2n) is 10.4. The van der Waals surface area contributed by atoms with E-state index >= 15 is 0 Å². The molecular formula is C24H43NO8S2Si. The van der Waals surface area contributed by atoms with Crippen molar-refractivity contribution in [2.24, 2.45) is 0 Å². The molecule has 0 spiro atoms. The fourth-order valence-corrected chi connectivity index (χ4v) is 6.36. The van der Waals surface area contributed by atoms with Crippen molar-refractivity contribution in [3.8, 4) is 5.75 Å². The zero-order valence-corrected chi connectivity index (χ0v) is 25.8. The molecule has 0 fully saturated rings. The summed E-state index contributed by atoms with van der Waals surface area (Å²) in [7, 11) is -1.75. The van der Waals surface area contributed by atoms with E-state index in [-0.39, 0.29) is 22.8 Å². The highest BCUT2D eigenvalue weighted by Crippen LogP contribution is 2.37. The Hall–Kier alpha value is -1.15. The Balaban J connectivity index is 3.05. The van der Waals surface area contributed by atoms with Crippen LogP contribution in [0.3, 0.4) is 0 Å². The first-order chi connectivity index (χ1) is 16.5. The topological polar surface area (TPSA) is 109 Å². The van der Waals surface area contributed by atoms with Crippen LogP contribution in [0.5, 0.6) is 5.75 Å². The summed E-state index contributed by atoms with van der Waals surface area (Å²) in [5, 5.41) is 0.0426. The highest BCUT2D eigenvalue weighted by molar-refractivity contribution is 8.00. The maximum Gasteiger partial charge on any atom is 0.325 e. The van der Waals surface area contributed by atoms with Gasteiger partial charge in [0.25, 0.3) is 0 Å². The van der Waals surface area contributed by atoms with Crippen LogP contribution in [0.15, 0.2) is 29.2 Å². The Labute approximate surface area is 222 Å². The van der Waals surface area contributed by atoms with Gasteiger partial charge in [0.05, 0.1) is 31.8 Å². The van der Waals surface area contributed by atoms with Crippen molar-refractivity contribution in [3.63, 3.8) is 0 Å². The summed E-state index contributed by atoms with van der Waals surface area (Å²) < 4.78 is 55.1. The maximum atomic E-state index is 13.1. The lowest BCUT2D eigenvalue weighted by molar-refractivity contribution is -0.143. The molecule has 0 aliphatic heterocycles. The van der Waals surface area contributed by atoms with Gasteiger partial charge in [0, 0.05) is 17.6 Å². The SMILES string of the molecule is COCO[C@H](CO[Si](C)(C)C(C)(C)C)CSC(C)(C)[C@@H](NS(=O)(=O)c1ccc(OC)cc1)C(=O)OC. The van der Waals surface area contributed by atoms with Gasteiger partial charge >= 0.3 is 5.97 Å². The van der Waals surface area contributed by atoms with Crippen LogP contribution in [-0.4, -0.2) is 80.1 Å². The molecule has 1 aromatic rings. The summed E-state index contributed by atoms with van der Waals surface area (Å²) in [4.78, 5) is 12.7. The third kappa shape index (κ3) is 9.62. The van der Waals surface area contributed by atoms with E-state index in [1.54, 1.807) is 33.1 Å². The molecule has 0 aromatic heterocycles. The number of nitrogens with one attached hydrogen (secondary N) is 1. The number of ether oxygens (including phenoxy) is 4. The second kappa shape index (κ2) is 13.6. The molecule has 0 heterocycles. The van der Waals surface area contributed by atoms with Gasteiger partial charge in [0.15, 0.2) is 8.32 Å². The molecule has 0 saturated heterocycles. The van der Waals surface area contributed by atoms with E-state index in [2.05, 4.69) is 38.6 Å². The molecule has 1 rings (SSSR count). The van der Waals surface area contributed by atoms with E-state index in [0.29, 0.717) is 18.1 Å². The van der Waals surface area contributed by atoms with Crippen molar-refractivity contribution in [3.05, 3.63) is 24.3 Å². The first-order valence-electron chi connectivity index (χ1n) is 11.6. The number of hydrogen-bond donors (Lipinski definition) is 1. The highest BCUT2D eigenvalue weighted by atomic mass is 32.2. The van der Waals surface area contributed by atoms with Crippen LogP contribution in [0.1, 0.15) is 34.6 Å². The van der Waals surface area contributed by atoms with Crippen LogP contribution in [-0.2, 0) is 33.5 Å². The Kier molecular flexibility index (Phi) is 12.4. The molecule has 0 amide bonds. The maximum absolute atomic E-state index is 13.1. The van der Waals surface area contributed by atoms with Crippen molar-refractivity contribution >= 4 is 36.1 Å². The smallest absolute Gasteiger partial charge is 0.325 e. The van der Waals surface area contributed by atoms with E-state index in [1.807, 2.05) is 0 Å². The molecule has 1 aromatic carbocycles. The summed E-state index contributed by atoms with van der Waals surface area (Å²) in [5.41, 5.74) is 0. The third-order valence-electron chi connectivity index (χ3n) is 6.27. The molecule has 36 heavy (non-hydrogen) atoms. The fourth-order valence-electron chi connectivity index (χ4n) is 2.79. The lowest BCUT2D eigenvalue weighted by Crippen LogP contribution is -2.53. The lowest BCUT2D eigenvalue weighted by atomic mass is 10.0. The molecule has 12 heteroatoms. The van der Waals surface area contributed by atoms with Gasteiger partial charge < -0.3 is 23.4 Å². The normalized spacial score (nSPS) is 14.8. The number of benzene rings is 1. The Bertz CT molecular complexity index is 930. The van der Waals surface area contributed by atoms with Gasteiger partial charge in [-0.2, -0.15) is 16.5 Å². The van der Waals surface area contributed by atoms with Crippen LogP contribution in [0.25, 0.3) is 0 Å². The van der Waals surface area contributed by atoms with Crippen molar-refractivity contribution in [2.75, 3.05) is 40.5 Å². The predicted octanol–water partition coefficient (Wildman–Crippen LogP) is 4.04. The van der Waals surface area contributed by atoms with Crippen LogP contribution in [0, 0.1) is 0 Å². The molecular weight excluding hydrogens is 522 g/mol. The van der Waals surface area contributed by atoms with E-state index in [0.717, 1.165) is 0 Å². The van der Waals surface area contributed by atoms with Crippen molar-refractivity contribution in [2.45, 2.75) is 74.5 Å². The number of carbonyl (C=O) groups excluding carboxylic acids is 1. The number of esters is 1. The van der Waals surface area contributed by atoms with E-state index in [4.69, 9.17) is 23.4 Å². The monoisotopic (exact) mass is 565 g/mol. The Morgan fingerprint density at radius 2 is 1.64 bits per heavy atom. The summed E-state index contributed by atoms with van der Waals surface area (Å²) in [5.74, 6) is 0.288. The first kappa shape index (κ1) is 32.9. The standard InChI is InChI=1S/C24H43NO8S2Si/c1-23(2,3)36(9,10)33-15-19(32-17-29-6)16-34-24(4,5)21(22(26)31-8)25-35(27,28)20-13-11-18(30-7)12-14-20/h11-14,19,21,25H,15-17H2,1-10H3/t19-,21+/m1/s1. The van der Waals surface area contributed by atoms with Crippen LogP contribution < -0.4 is 9.46 Å². The van der Waals surface area contributed by atoms with Gasteiger partial charge in [0.1, 0.15) is 18.6 Å². The molecule has 1 N–H and O–H groups in total. The molecule has 0 aliphatic carbocycles. The minimum Gasteiger partial charge on any atom is -0.497 e. The number of rotatable bonds is 15. The zero-order valence-electron chi connectivity index (χ0n) is 23.2. The van der Waals surface area contributed by atoms with E-state index in [1.165, 1.54) is 38.1 Å². The van der Waals surface area contributed by atoms with Crippen LogP contribution >= 0.6 is 11.8 Å². The van der Waals surface area contributed by atoms with E-state index in [9.17, 15) is 13.2 Å². The van der Waals surface area contributed by atoms with Gasteiger partial charge in [-0.25, -0.2) is 8.42 Å². The Morgan fingerprint density at radius 1 is 1.06 bits per heavy atom. The van der Waals surface area contributed by atoms with Gasteiger partial charge in [-0.3, -0.25) is 4.79 Å². The summed E-state index contributed by atoms with van der Waals surface area (Å²) >= 11 is 1.40. The quantitative estimate of drug-likeness (QED) is 0.191. The van der Waals surface area contributed by atoms with Crippen molar-refractivity contribution < 1.29 is 36.6 Å². The second-order valence-corrected chi connectivity index (χ2v) is 18.6.